The van der Waals surface area contributed by atoms with Crippen LogP contribution >= 0.6 is 15.9 Å². The highest BCUT2D eigenvalue weighted by atomic mass is 79.9. The molecule has 0 saturated heterocycles. The fraction of sp³-hybridized carbons (Fsp3) is 0.0625. The number of aromatic amines is 1. The molecule has 1 aromatic heterocycles. The molecule has 1 amide bonds. The summed E-state index contributed by atoms with van der Waals surface area (Å²) >= 11 is 3.47. The summed E-state index contributed by atoms with van der Waals surface area (Å²) in [4.78, 5) is 15.6. The third kappa shape index (κ3) is 2.23. The zero-order valence-electron chi connectivity index (χ0n) is 10.9. The van der Waals surface area contributed by atoms with Gasteiger partial charge < -0.3 is 10.3 Å². The van der Waals surface area contributed by atoms with E-state index in [0.29, 0.717) is 5.56 Å². The van der Waals surface area contributed by atoms with Crippen LogP contribution in [-0.2, 0) is 0 Å². The minimum atomic E-state index is -0.101. The first kappa shape index (κ1) is 12.9. The maximum absolute atomic E-state index is 12.4. The number of amides is 1. The average molecular weight is 329 g/mol. The standard InChI is InChI=1S/C16H13BrN2O/c1-10-13(17)5-3-6-14(10)19-16(20)12-4-2-7-15-11(12)8-9-18-15/h2-9,18H,1H3,(H,19,20). The van der Waals surface area contributed by atoms with Crippen LogP contribution in [0.15, 0.2) is 53.1 Å². The Kier molecular flexibility index (Phi) is 3.32. The van der Waals surface area contributed by atoms with Crippen LogP contribution in [0.2, 0.25) is 0 Å². The van der Waals surface area contributed by atoms with Gasteiger partial charge in [0.2, 0.25) is 0 Å². The second kappa shape index (κ2) is 5.13. The number of nitrogens with one attached hydrogen (secondary N) is 2. The summed E-state index contributed by atoms with van der Waals surface area (Å²) in [6.45, 7) is 1.97. The number of carbonyl (C=O) groups is 1. The minimum Gasteiger partial charge on any atom is -0.361 e. The van der Waals surface area contributed by atoms with E-state index in [-0.39, 0.29) is 5.91 Å². The number of halogens is 1. The van der Waals surface area contributed by atoms with Crippen molar-refractivity contribution < 1.29 is 4.79 Å². The van der Waals surface area contributed by atoms with Gasteiger partial charge in [-0.15, -0.1) is 0 Å². The first-order valence-electron chi connectivity index (χ1n) is 6.29. The molecule has 0 unspecified atom stereocenters. The van der Waals surface area contributed by atoms with Gasteiger partial charge in [0.15, 0.2) is 0 Å². The summed E-state index contributed by atoms with van der Waals surface area (Å²) < 4.78 is 0.982. The van der Waals surface area contributed by atoms with Gasteiger partial charge in [-0.25, -0.2) is 0 Å². The lowest BCUT2D eigenvalue weighted by molar-refractivity contribution is 0.102. The molecule has 2 N–H and O–H groups in total. The van der Waals surface area contributed by atoms with Crippen molar-refractivity contribution in [3.05, 3.63) is 64.3 Å². The van der Waals surface area contributed by atoms with E-state index in [2.05, 4.69) is 26.2 Å². The van der Waals surface area contributed by atoms with Crippen molar-refractivity contribution in [3.63, 3.8) is 0 Å². The van der Waals surface area contributed by atoms with Crippen molar-refractivity contribution in [2.45, 2.75) is 6.92 Å². The molecule has 4 heteroatoms. The fourth-order valence-electron chi connectivity index (χ4n) is 2.22. The van der Waals surface area contributed by atoms with Gasteiger partial charge in [0.05, 0.1) is 0 Å². The maximum atomic E-state index is 12.4. The number of benzene rings is 2. The molecule has 1 heterocycles. The van der Waals surface area contributed by atoms with Crippen LogP contribution in [0.3, 0.4) is 0 Å². The van der Waals surface area contributed by atoms with Crippen molar-refractivity contribution in [2.24, 2.45) is 0 Å². The molecule has 3 rings (SSSR count). The van der Waals surface area contributed by atoms with Gasteiger partial charge in [0, 0.05) is 32.8 Å². The van der Waals surface area contributed by atoms with Gasteiger partial charge in [-0.05, 0) is 42.8 Å². The summed E-state index contributed by atoms with van der Waals surface area (Å²) in [5.41, 5.74) is 3.46. The minimum absolute atomic E-state index is 0.101. The van der Waals surface area contributed by atoms with E-state index < -0.39 is 0 Å². The Hall–Kier alpha value is -2.07. The monoisotopic (exact) mass is 328 g/mol. The van der Waals surface area contributed by atoms with E-state index in [1.54, 1.807) is 0 Å². The molecule has 20 heavy (non-hydrogen) atoms. The van der Waals surface area contributed by atoms with E-state index in [1.807, 2.05) is 55.6 Å². The molecule has 0 atom stereocenters. The molecule has 3 aromatic rings. The van der Waals surface area contributed by atoms with Gasteiger partial charge in [-0.1, -0.05) is 28.1 Å². The molecule has 0 saturated carbocycles. The maximum Gasteiger partial charge on any atom is 0.256 e. The Balaban J connectivity index is 1.97. The van der Waals surface area contributed by atoms with Crippen molar-refractivity contribution >= 4 is 38.4 Å². The van der Waals surface area contributed by atoms with Gasteiger partial charge in [-0.3, -0.25) is 4.79 Å². The largest absolute Gasteiger partial charge is 0.361 e. The van der Waals surface area contributed by atoms with Crippen LogP contribution in [0, 0.1) is 6.92 Å². The second-order valence-electron chi connectivity index (χ2n) is 4.61. The Morgan fingerprint density at radius 3 is 2.80 bits per heavy atom. The van der Waals surface area contributed by atoms with Crippen molar-refractivity contribution in [1.82, 2.24) is 4.98 Å². The highest BCUT2D eigenvalue weighted by molar-refractivity contribution is 9.10. The SMILES string of the molecule is Cc1c(Br)cccc1NC(=O)c1cccc2[nH]ccc12. The molecule has 3 nitrogen and oxygen atoms in total. The molecule has 100 valence electrons. The Morgan fingerprint density at radius 2 is 1.95 bits per heavy atom. The zero-order valence-corrected chi connectivity index (χ0v) is 12.5. The van der Waals surface area contributed by atoms with Gasteiger partial charge in [-0.2, -0.15) is 0 Å². The van der Waals surface area contributed by atoms with E-state index in [9.17, 15) is 4.79 Å². The molecule has 0 aliphatic heterocycles. The molecule has 0 aliphatic rings. The summed E-state index contributed by atoms with van der Waals surface area (Å²) in [5, 5.41) is 3.89. The lowest BCUT2D eigenvalue weighted by atomic mass is 10.1. The highest BCUT2D eigenvalue weighted by Gasteiger charge is 2.12. The highest BCUT2D eigenvalue weighted by Crippen LogP contribution is 2.25. The van der Waals surface area contributed by atoms with Gasteiger partial charge >= 0.3 is 0 Å². The number of H-pyrrole nitrogens is 1. The van der Waals surface area contributed by atoms with E-state index in [0.717, 1.165) is 26.6 Å². The zero-order chi connectivity index (χ0) is 14.1. The molecular weight excluding hydrogens is 316 g/mol. The van der Waals surface area contributed by atoms with Crippen LogP contribution in [0.4, 0.5) is 5.69 Å². The van der Waals surface area contributed by atoms with E-state index in [4.69, 9.17) is 0 Å². The average Bonchev–Trinajstić information content (AvgIpc) is 2.92. The molecular formula is C16H13BrN2O. The van der Waals surface area contributed by atoms with Crippen LogP contribution in [0.5, 0.6) is 0 Å². The number of aromatic nitrogens is 1. The Morgan fingerprint density at radius 1 is 1.15 bits per heavy atom. The van der Waals surface area contributed by atoms with E-state index in [1.165, 1.54) is 0 Å². The second-order valence-corrected chi connectivity index (χ2v) is 5.47. The molecule has 0 bridgehead atoms. The smallest absolute Gasteiger partial charge is 0.256 e. The van der Waals surface area contributed by atoms with E-state index >= 15 is 0 Å². The first-order valence-corrected chi connectivity index (χ1v) is 7.08. The molecule has 0 fully saturated rings. The predicted molar refractivity (Wildman–Crippen MR) is 85.1 cm³/mol. The molecule has 0 radical (unpaired) electrons. The lowest BCUT2D eigenvalue weighted by Gasteiger charge is -2.10. The number of rotatable bonds is 2. The first-order chi connectivity index (χ1) is 9.66. The van der Waals surface area contributed by atoms with Crippen molar-refractivity contribution in [3.8, 4) is 0 Å². The number of hydrogen-bond acceptors (Lipinski definition) is 1. The third-order valence-electron chi connectivity index (χ3n) is 3.36. The summed E-state index contributed by atoms with van der Waals surface area (Å²) in [7, 11) is 0. The number of fused-ring (bicyclic) bond motifs is 1. The summed E-state index contributed by atoms with van der Waals surface area (Å²) in [5.74, 6) is -0.101. The van der Waals surface area contributed by atoms with Crippen LogP contribution < -0.4 is 5.32 Å². The van der Waals surface area contributed by atoms with Crippen molar-refractivity contribution in [1.29, 1.82) is 0 Å². The van der Waals surface area contributed by atoms with Crippen LogP contribution in [0.1, 0.15) is 15.9 Å². The topological polar surface area (TPSA) is 44.9 Å². The third-order valence-corrected chi connectivity index (χ3v) is 4.21. The normalized spacial score (nSPS) is 10.7. The Labute approximate surface area is 125 Å². The molecule has 0 spiro atoms. The summed E-state index contributed by atoms with van der Waals surface area (Å²) in [6, 6.07) is 13.3. The molecule has 2 aromatic carbocycles. The number of anilines is 1. The lowest BCUT2D eigenvalue weighted by Crippen LogP contribution is -2.13. The van der Waals surface area contributed by atoms with Gasteiger partial charge in [0.1, 0.15) is 0 Å². The number of hydrogen-bond donors (Lipinski definition) is 2. The number of carbonyl (C=O) groups excluding carboxylic acids is 1. The Bertz CT molecular complexity index is 792. The van der Waals surface area contributed by atoms with Crippen LogP contribution in [0.25, 0.3) is 10.9 Å². The quantitative estimate of drug-likeness (QED) is 0.715. The molecule has 0 aliphatic carbocycles. The summed E-state index contributed by atoms with van der Waals surface area (Å²) in [6.07, 6.45) is 1.84. The van der Waals surface area contributed by atoms with Gasteiger partial charge in [0.25, 0.3) is 5.91 Å². The fourth-order valence-corrected chi connectivity index (χ4v) is 2.58. The van der Waals surface area contributed by atoms with Crippen molar-refractivity contribution in [2.75, 3.05) is 5.32 Å². The van der Waals surface area contributed by atoms with Crippen LogP contribution in [-0.4, -0.2) is 10.9 Å². The predicted octanol–water partition coefficient (Wildman–Crippen LogP) is 4.49.